The summed E-state index contributed by atoms with van der Waals surface area (Å²) in [6.07, 6.45) is 3.30. The zero-order valence-electron chi connectivity index (χ0n) is 16.7. The summed E-state index contributed by atoms with van der Waals surface area (Å²) < 4.78 is 10.3. The van der Waals surface area contributed by atoms with Crippen molar-refractivity contribution < 1.29 is 38.6 Å². The highest BCUT2D eigenvalue weighted by Gasteiger charge is 2.33. The first kappa shape index (κ1) is 21.6. The fourth-order valence-electron chi connectivity index (χ4n) is 2.90. The minimum atomic E-state index is -0.775. The van der Waals surface area contributed by atoms with Crippen molar-refractivity contribution in [3.05, 3.63) is 72.2 Å². The Bertz CT molecular complexity index is 794. The number of carbonyl (C=O) groups is 2. The number of hydrogen-bond donors (Lipinski definition) is 0. The number of rotatable bonds is 8. The van der Waals surface area contributed by atoms with E-state index in [1.54, 1.807) is 55.0 Å². The van der Waals surface area contributed by atoms with Crippen LogP contribution in [0.25, 0.3) is 0 Å². The average molecular weight is 414 g/mol. The molecule has 158 valence electrons. The molecule has 8 nitrogen and oxygen atoms in total. The van der Waals surface area contributed by atoms with E-state index in [4.69, 9.17) is 29.0 Å². The van der Waals surface area contributed by atoms with E-state index in [0.29, 0.717) is 24.0 Å². The predicted molar refractivity (Wildman–Crippen MR) is 104 cm³/mol. The number of para-hydroxylation sites is 2. The summed E-state index contributed by atoms with van der Waals surface area (Å²) in [5, 5.41) is 0. The molecule has 1 unspecified atom stereocenters. The first-order chi connectivity index (χ1) is 14.6. The highest BCUT2D eigenvalue weighted by Crippen LogP contribution is 2.30. The van der Waals surface area contributed by atoms with Gasteiger partial charge in [-0.2, -0.15) is 9.78 Å². The van der Waals surface area contributed by atoms with Crippen LogP contribution in [0.15, 0.2) is 48.5 Å². The van der Waals surface area contributed by atoms with Crippen LogP contribution >= 0.6 is 0 Å². The number of methoxy groups -OCH3 is 2. The normalized spacial score (nSPS) is 16.5. The molecule has 0 heterocycles. The van der Waals surface area contributed by atoms with Gasteiger partial charge in [0.15, 0.2) is 6.10 Å². The molecule has 0 aromatic heterocycles. The van der Waals surface area contributed by atoms with Crippen LogP contribution < -0.4 is 9.47 Å². The largest absolute Gasteiger partial charge is 0.496 e. The quantitative estimate of drug-likeness (QED) is 0.475. The van der Waals surface area contributed by atoms with Crippen LogP contribution in [0.2, 0.25) is 0 Å². The lowest BCUT2D eigenvalue weighted by Crippen LogP contribution is -2.30. The Hall–Kier alpha value is -3.10. The van der Waals surface area contributed by atoms with Gasteiger partial charge >= 0.3 is 11.9 Å². The number of carbonyl (C=O) groups excluding carboxylic acids is 2. The number of ether oxygens (including phenoxy) is 2. The molecular formula is C22H22O8. The summed E-state index contributed by atoms with van der Waals surface area (Å²) in [6, 6.07) is 13.2. The second-order valence-corrected chi connectivity index (χ2v) is 6.34. The van der Waals surface area contributed by atoms with Gasteiger partial charge < -0.3 is 9.47 Å². The molecule has 0 bridgehead atoms. The molecule has 0 amide bonds. The van der Waals surface area contributed by atoms with Crippen LogP contribution in [-0.4, -0.2) is 32.3 Å². The molecule has 0 aliphatic heterocycles. The zero-order chi connectivity index (χ0) is 21.3. The van der Waals surface area contributed by atoms with Crippen LogP contribution in [0.5, 0.6) is 11.5 Å². The van der Waals surface area contributed by atoms with Crippen molar-refractivity contribution in [2.24, 2.45) is 0 Å². The first-order valence-corrected chi connectivity index (χ1v) is 9.35. The van der Waals surface area contributed by atoms with Gasteiger partial charge in [0.05, 0.1) is 14.2 Å². The van der Waals surface area contributed by atoms with E-state index in [1.807, 2.05) is 0 Å². The van der Waals surface area contributed by atoms with E-state index in [2.05, 4.69) is 0 Å². The van der Waals surface area contributed by atoms with Crippen LogP contribution in [-0.2, 0) is 19.6 Å². The molecule has 3 rings (SSSR count). The van der Waals surface area contributed by atoms with E-state index >= 15 is 0 Å². The molecule has 1 fully saturated rings. The summed E-state index contributed by atoms with van der Waals surface area (Å²) in [6.45, 7) is 0. The first-order valence-electron chi connectivity index (χ1n) is 9.35. The predicted octanol–water partition coefficient (Wildman–Crippen LogP) is 3.87. The monoisotopic (exact) mass is 414 g/mol. The summed E-state index contributed by atoms with van der Waals surface area (Å²) in [5.74, 6) is -0.693. The Labute approximate surface area is 174 Å². The molecule has 1 aliphatic carbocycles. The van der Waals surface area contributed by atoms with Crippen molar-refractivity contribution in [2.75, 3.05) is 14.2 Å². The van der Waals surface area contributed by atoms with Gasteiger partial charge in [0.25, 0.3) is 0 Å². The van der Waals surface area contributed by atoms with E-state index in [-0.39, 0.29) is 11.1 Å². The van der Waals surface area contributed by atoms with Crippen LogP contribution in [0.4, 0.5) is 0 Å². The van der Waals surface area contributed by atoms with Gasteiger partial charge in [-0.3, -0.25) is 9.78 Å². The van der Waals surface area contributed by atoms with Gasteiger partial charge in [-0.15, -0.1) is 0 Å². The fourth-order valence-corrected chi connectivity index (χ4v) is 2.90. The Balaban J connectivity index is 1.57. The Kier molecular flexibility index (Phi) is 7.64. The summed E-state index contributed by atoms with van der Waals surface area (Å²) in [4.78, 5) is 45.0. The van der Waals surface area contributed by atoms with Crippen molar-refractivity contribution >= 4 is 11.9 Å². The van der Waals surface area contributed by atoms with Gasteiger partial charge in [0, 0.05) is 0 Å². The summed E-state index contributed by atoms with van der Waals surface area (Å²) in [7, 11) is 2.91. The molecular weight excluding hydrogens is 392 g/mol. The van der Waals surface area contributed by atoms with E-state index < -0.39 is 18.0 Å². The van der Waals surface area contributed by atoms with Crippen LogP contribution in [0, 0.1) is 12.5 Å². The number of hydrogen-bond acceptors (Lipinski definition) is 8. The smallest absolute Gasteiger partial charge is 0.376 e. The highest BCUT2D eigenvalue weighted by atomic mass is 17.2. The SMILES string of the molecule is COc1ccccc1C(=O)OO[C]1CCC[CH]C1OOC(=O)c1ccccc1OC. The van der Waals surface area contributed by atoms with Crippen molar-refractivity contribution in [1.29, 1.82) is 0 Å². The maximum Gasteiger partial charge on any atom is 0.376 e. The molecule has 2 aromatic rings. The minimum absolute atomic E-state index is 0.223. The van der Waals surface area contributed by atoms with Gasteiger partial charge in [0.1, 0.15) is 28.7 Å². The van der Waals surface area contributed by atoms with Crippen molar-refractivity contribution in [2.45, 2.75) is 25.4 Å². The topological polar surface area (TPSA) is 89.5 Å². The zero-order valence-corrected chi connectivity index (χ0v) is 16.7. The third kappa shape index (κ3) is 5.28. The fraction of sp³-hybridized carbons (Fsp3) is 0.273. The van der Waals surface area contributed by atoms with Crippen molar-refractivity contribution in [1.82, 2.24) is 0 Å². The molecule has 0 spiro atoms. The molecule has 1 aliphatic rings. The maximum absolute atomic E-state index is 12.3. The summed E-state index contributed by atoms with van der Waals surface area (Å²) >= 11 is 0. The van der Waals surface area contributed by atoms with E-state index in [0.717, 1.165) is 12.8 Å². The highest BCUT2D eigenvalue weighted by molar-refractivity contribution is 5.92. The molecule has 8 heteroatoms. The van der Waals surface area contributed by atoms with Gasteiger partial charge in [-0.05, 0) is 49.9 Å². The minimum Gasteiger partial charge on any atom is -0.496 e. The van der Waals surface area contributed by atoms with E-state index in [9.17, 15) is 9.59 Å². The third-order valence-electron chi connectivity index (χ3n) is 4.43. The van der Waals surface area contributed by atoms with Crippen LogP contribution in [0.3, 0.4) is 0 Å². The third-order valence-corrected chi connectivity index (χ3v) is 4.43. The summed E-state index contributed by atoms with van der Waals surface area (Å²) in [5.41, 5.74) is 0.446. The molecule has 0 saturated heterocycles. The number of benzene rings is 2. The molecule has 30 heavy (non-hydrogen) atoms. The molecule has 1 saturated carbocycles. The van der Waals surface area contributed by atoms with Crippen LogP contribution in [0.1, 0.15) is 40.0 Å². The lowest BCUT2D eigenvalue weighted by atomic mass is 9.95. The molecule has 1 atom stereocenters. The Morgan fingerprint density at radius 3 is 2.00 bits per heavy atom. The lowest BCUT2D eigenvalue weighted by molar-refractivity contribution is -0.311. The van der Waals surface area contributed by atoms with Crippen molar-refractivity contribution in [3.8, 4) is 11.5 Å². The Morgan fingerprint density at radius 1 is 0.833 bits per heavy atom. The average Bonchev–Trinajstić information content (AvgIpc) is 2.81. The van der Waals surface area contributed by atoms with E-state index in [1.165, 1.54) is 14.2 Å². The van der Waals surface area contributed by atoms with Gasteiger partial charge in [0.2, 0.25) is 0 Å². The second-order valence-electron chi connectivity index (χ2n) is 6.34. The second kappa shape index (κ2) is 10.6. The van der Waals surface area contributed by atoms with Crippen molar-refractivity contribution in [3.63, 3.8) is 0 Å². The standard InChI is InChI=1S/C22H22O8/c1-25-17-11-5-3-9-15(17)21(23)29-27-19-13-7-8-14-20(19)28-30-22(24)16-10-4-6-12-18(16)26-2/h3-6,9-13,19H,7-8,14H2,1-2H3. The van der Waals surface area contributed by atoms with Gasteiger partial charge in [-0.1, -0.05) is 24.3 Å². The molecule has 2 aromatic carbocycles. The molecule has 0 N–H and O–H groups in total. The van der Waals surface area contributed by atoms with Gasteiger partial charge in [-0.25, -0.2) is 9.59 Å². The Morgan fingerprint density at radius 2 is 1.40 bits per heavy atom. The molecule has 2 radical (unpaired) electrons. The lowest BCUT2D eigenvalue weighted by Gasteiger charge is -2.26. The maximum atomic E-state index is 12.3.